The predicted octanol–water partition coefficient (Wildman–Crippen LogP) is 3.45. The zero-order valence-electron chi connectivity index (χ0n) is 10.6. The van der Waals surface area contributed by atoms with E-state index in [-0.39, 0.29) is 5.56 Å². The number of hydrogen-bond acceptors (Lipinski definition) is 3. The van der Waals surface area contributed by atoms with Crippen molar-refractivity contribution in [1.82, 2.24) is 0 Å². The van der Waals surface area contributed by atoms with Crippen LogP contribution in [-0.4, -0.2) is 5.97 Å². The van der Waals surface area contributed by atoms with Gasteiger partial charge in [-0.05, 0) is 11.1 Å². The van der Waals surface area contributed by atoms with Crippen molar-refractivity contribution in [1.29, 1.82) is 0 Å². The number of benzene rings is 2. The molecule has 3 heteroatoms. The molecule has 0 atom stereocenters. The summed E-state index contributed by atoms with van der Waals surface area (Å²) in [6, 6.07) is 19.4. The highest BCUT2D eigenvalue weighted by atomic mass is 32.1. The largest absolute Gasteiger partial charge is 0.545 e. The van der Waals surface area contributed by atoms with Crippen LogP contribution < -0.4 is 5.11 Å². The van der Waals surface area contributed by atoms with Crippen molar-refractivity contribution in [3.05, 3.63) is 71.6 Å². The first-order valence-electron chi connectivity index (χ1n) is 6.21. The van der Waals surface area contributed by atoms with E-state index in [1.165, 1.54) is 11.3 Å². The normalized spacial score (nSPS) is 10.4. The highest BCUT2D eigenvalue weighted by molar-refractivity contribution is 7.14. The predicted molar refractivity (Wildman–Crippen MR) is 79.5 cm³/mol. The summed E-state index contributed by atoms with van der Waals surface area (Å²) in [4.78, 5) is 12.3. The van der Waals surface area contributed by atoms with E-state index in [4.69, 9.17) is 0 Å². The topological polar surface area (TPSA) is 40.1 Å². The first-order valence-corrected chi connectivity index (χ1v) is 7.09. The number of carbonyl (C=O) groups is 1. The molecule has 0 aliphatic rings. The molecule has 0 saturated heterocycles. The summed E-state index contributed by atoms with van der Waals surface area (Å²) < 4.78 is 0. The summed E-state index contributed by atoms with van der Waals surface area (Å²) in [6.45, 7) is 0. The van der Waals surface area contributed by atoms with Gasteiger partial charge in [0.2, 0.25) is 0 Å². The van der Waals surface area contributed by atoms with E-state index < -0.39 is 5.97 Å². The van der Waals surface area contributed by atoms with Crippen LogP contribution >= 0.6 is 11.3 Å². The summed E-state index contributed by atoms with van der Waals surface area (Å²) in [7, 11) is 0. The van der Waals surface area contributed by atoms with E-state index in [9.17, 15) is 9.90 Å². The molecule has 0 saturated carbocycles. The van der Waals surface area contributed by atoms with Crippen molar-refractivity contribution in [3.63, 3.8) is 0 Å². The number of carboxylic acid groups (broad SMARTS) is 1. The Kier molecular flexibility index (Phi) is 3.35. The maximum absolute atomic E-state index is 11.3. The Balaban J connectivity index is 2.25. The fraction of sp³-hybridized carbons (Fsp3) is 0. The minimum absolute atomic E-state index is 0.250. The summed E-state index contributed by atoms with van der Waals surface area (Å²) in [5, 5.41) is 13.0. The van der Waals surface area contributed by atoms with Crippen molar-refractivity contribution in [2.75, 3.05) is 0 Å². The molecule has 0 unspecified atom stereocenters. The van der Waals surface area contributed by atoms with Gasteiger partial charge in [0.15, 0.2) is 0 Å². The Hall–Kier alpha value is -2.39. The minimum Gasteiger partial charge on any atom is -0.545 e. The summed E-state index contributed by atoms with van der Waals surface area (Å²) >= 11 is 1.43. The van der Waals surface area contributed by atoms with Crippen LogP contribution in [0.3, 0.4) is 0 Å². The lowest BCUT2D eigenvalue weighted by Crippen LogP contribution is -2.22. The summed E-state index contributed by atoms with van der Waals surface area (Å²) in [5.74, 6) is -1.14. The second-order valence-electron chi connectivity index (χ2n) is 4.37. The molecule has 3 rings (SSSR count). The average Bonchev–Trinajstić information content (AvgIpc) is 2.94. The second kappa shape index (κ2) is 5.31. The lowest BCUT2D eigenvalue weighted by atomic mass is 9.99. The highest BCUT2D eigenvalue weighted by Crippen LogP contribution is 2.39. The van der Waals surface area contributed by atoms with Crippen molar-refractivity contribution in [2.45, 2.75) is 0 Å². The number of carboxylic acids is 1. The van der Waals surface area contributed by atoms with Gasteiger partial charge in [0, 0.05) is 21.4 Å². The summed E-state index contributed by atoms with van der Waals surface area (Å²) in [5.41, 5.74) is 2.90. The number of hydrogen-bond donors (Lipinski definition) is 0. The molecule has 20 heavy (non-hydrogen) atoms. The van der Waals surface area contributed by atoms with Gasteiger partial charge in [-0.25, -0.2) is 0 Å². The van der Waals surface area contributed by atoms with E-state index >= 15 is 0 Å². The Bertz CT molecular complexity index is 730. The maximum atomic E-state index is 11.3. The summed E-state index contributed by atoms with van der Waals surface area (Å²) in [6.07, 6.45) is 0. The van der Waals surface area contributed by atoms with E-state index in [1.54, 1.807) is 5.38 Å². The minimum atomic E-state index is -1.14. The maximum Gasteiger partial charge on any atom is 0.0730 e. The molecule has 0 amide bonds. The van der Waals surface area contributed by atoms with Gasteiger partial charge in [0.1, 0.15) is 0 Å². The van der Waals surface area contributed by atoms with Crippen LogP contribution in [0.1, 0.15) is 10.4 Å². The standard InChI is InChI=1S/C17H12O2S/c18-17(19)14-11-20-16(13-9-5-2-6-10-13)15(14)12-7-3-1-4-8-12/h1-11H,(H,18,19)/p-1. The first-order chi connectivity index (χ1) is 9.77. The smallest absolute Gasteiger partial charge is 0.0730 e. The second-order valence-corrected chi connectivity index (χ2v) is 5.25. The molecular formula is C17H11O2S-. The molecule has 98 valence electrons. The third-order valence-corrected chi connectivity index (χ3v) is 4.14. The van der Waals surface area contributed by atoms with Crippen LogP contribution in [0.4, 0.5) is 0 Å². The molecule has 2 nitrogen and oxygen atoms in total. The fourth-order valence-corrected chi connectivity index (χ4v) is 3.27. The lowest BCUT2D eigenvalue weighted by molar-refractivity contribution is -0.254. The Morgan fingerprint density at radius 3 is 1.95 bits per heavy atom. The van der Waals surface area contributed by atoms with Crippen LogP contribution in [-0.2, 0) is 0 Å². The van der Waals surface area contributed by atoms with Gasteiger partial charge in [-0.15, -0.1) is 11.3 Å². The Labute approximate surface area is 121 Å². The molecule has 3 aromatic rings. The van der Waals surface area contributed by atoms with Gasteiger partial charge >= 0.3 is 0 Å². The van der Waals surface area contributed by atoms with Crippen LogP contribution in [0.25, 0.3) is 21.6 Å². The zero-order chi connectivity index (χ0) is 13.9. The SMILES string of the molecule is O=C([O-])c1csc(-c2ccccc2)c1-c1ccccc1. The van der Waals surface area contributed by atoms with E-state index in [2.05, 4.69) is 0 Å². The fourth-order valence-electron chi connectivity index (χ4n) is 2.20. The van der Waals surface area contributed by atoms with Crippen molar-refractivity contribution in [2.24, 2.45) is 0 Å². The number of rotatable bonds is 3. The molecule has 1 heterocycles. The number of thiophene rings is 1. The Morgan fingerprint density at radius 2 is 1.40 bits per heavy atom. The van der Waals surface area contributed by atoms with Gasteiger partial charge in [-0.2, -0.15) is 0 Å². The average molecular weight is 279 g/mol. The van der Waals surface area contributed by atoms with Crippen LogP contribution in [0, 0.1) is 0 Å². The highest BCUT2D eigenvalue weighted by Gasteiger charge is 2.15. The molecule has 0 bridgehead atoms. The van der Waals surface area contributed by atoms with Crippen molar-refractivity contribution >= 4 is 17.3 Å². The lowest BCUT2D eigenvalue weighted by Gasteiger charge is -2.09. The zero-order valence-corrected chi connectivity index (χ0v) is 11.4. The van der Waals surface area contributed by atoms with Gasteiger partial charge in [-0.1, -0.05) is 60.7 Å². The van der Waals surface area contributed by atoms with Gasteiger partial charge in [0.25, 0.3) is 0 Å². The van der Waals surface area contributed by atoms with Gasteiger partial charge in [0.05, 0.1) is 5.97 Å². The molecule has 0 spiro atoms. The van der Waals surface area contributed by atoms with Crippen molar-refractivity contribution in [3.8, 4) is 21.6 Å². The van der Waals surface area contributed by atoms with E-state index in [1.807, 2.05) is 60.7 Å². The molecule has 0 aliphatic carbocycles. The third kappa shape index (κ3) is 2.24. The van der Waals surface area contributed by atoms with Crippen LogP contribution in [0.15, 0.2) is 66.0 Å². The molecular weight excluding hydrogens is 268 g/mol. The van der Waals surface area contributed by atoms with Crippen LogP contribution in [0.2, 0.25) is 0 Å². The molecule has 1 aromatic heterocycles. The number of aromatic carboxylic acids is 1. The Morgan fingerprint density at radius 1 is 0.850 bits per heavy atom. The molecule has 0 fully saturated rings. The quantitative estimate of drug-likeness (QED) is 0.736. The van der Waals surface area contributed by atoms with Crippen LogP contribution in [0.5, 0.6) is 0 Å². The third-order valence-electron chi connectivity index (χ3n) is 3.11. The first kappa shape index (κ1) is 12.6. The number of carbonyl (C=O) groups excluding carboxylic acids is 1. The van der Waals surface area contributed by atoms with E-state index in [0.717, 1.165) is 21.6 Å². The van der Waals surface area contributed by atoms with E-state index in [0.29, 0.717) is 0 Å². The van der Waals surface area contributed by atoms with Gasteiger partial charge < -0.3 is 9.90 Å². The molecule has 0 aliphatic heterocycles. The monoisotopic (exact) mass is 279 g/mol. The molecule has 0 N–H and O–H groups in total. The van der Waals surface area contributed by atoms with Crippen molar-refractivity contribution < 1.29 is 9.90 Å². The molecule has 0 radical (unpaired) electrons. The van der Waals surface area contributed by atoms with Gasteiger partial charge in [-0.3, -0.25) is 0 Å². The molecule has 2 aromatic carbocycles.